The second-order valence-corrected chi connectivity index (χ2v) is 6.50. The van der Waals surface area contributed by atoms with Gasteiger partial charge in [0, 0.05) is 12.0 Å². The van der Waals surface area contributed by atoms with Crippen molar-refractivity contribution in [1.82, 2.24) is 9.97 Å². The molecule has 1 saturated carbocycles. The summed E-state index contributed by atoms with van der Waals surface area (Å²) >= 11 is 1.69. The summed E-state index contributed by atoms with van der Waals surface area (Å²) in [6.07, 6.45) is 4.30. The lowest BCUT2D eigenvalue weighted by Crippen LogP contribution is -2.27. The van der Waals surface area contributed by atoms with E-state index in [0.717, 1.165) is 41.7 Å². The average Bonchev–Trinajstić information content (AvgIpc) is 2.96. The second kappa shape index (κ2) is 4.42. The minimum Gasteiger partial charge on any atom is -0.383 e. The van der Waals surface area contributed by atoms with E-state index in [1.807, 2.05) is 0 Å². The van der Waals surface area contributed by atoms with Crippen LogP contribution in [0.4, 0.5) is 5.82 Å². The molecule has 0 amide bonds. The summed E-state index contributed by atoms with van der Waals surface area (Å²) in [4.78, 5) is 11.5. The highest BCUT2D eigenvalue weighted by molar-refractivity contribution is 7.18. The molecule has 102 valence electrons. The third-order valence-electron chi connectivity index (χ3n) is 4.27. The molecule has 2 aromatic heterocycles. The van der Waals surface area contributed by atoms with Crippen LogP contribution >= 0.6 is 11.3 Å². The smallest absolute Gasteiger partial charge is 0.164 e. The van der Waals surface area contributed by atoms with Crippen LogP contribution in [0.25, 0.3) is 10.2 Å². The van der Waals surface area contributed by atoms with Crippen molar-refractivity contribution >= 4 is 27.4 Å². The number of hydrogen-bond donors (Lipinski definition) is 1. The predicted octanol–water partition coefficient (Wildman–Crippen LogP) is 3.31. The Morgan fingerprint density at radius 2 is 1.89 bits per heavy atom. The first-order chi connectivity index (χ1) is 9.07. The molecular weight excluding hydrogens is 258 g/mol. The summed E-state index contributed by atoms with van der Waals surface area (Å²) in [7, 11) is 1.75. The van der Waals surface area contributed by atoms with Crippen molar-refractivity contribution in [3.63, 3.8) is 0 Å². The van der Waals surface area contributed by atoms with Crippen LogP contribution in [0.2, 0.25) is 0 Å². The van der Waals surface area contributed by atoms with Gasteiger partial charge >= 0.3 is 0 Å². The Bertz CT molecular complexity index is 629. The minimum absolute atomic E-state index is 0.325. The fraction of sp³-hybridized carbons (Fsp3) is 0.571. The minimum atomic E-state index is -0.325. The Kier molecular flexibility index (Phi) is 2.98. The molecule has 1 aliphatic carbocycles. The molecule has 1 aliphatic rings. The molecule has 2 aromatic rings. The van der Waals surface area contributed by atoms with Crippen LogP contribution in [-0.2, 0) is 10.3 Å². The number of ether oxygens (including phenoxy) is 1. The Labute approximate surface area is 117 Å². The van der Waals surface area contributed by atoms with Crippen LogP contribution in [0, 0.1) is 13.8 Å². The number of methoxy groups -OCH3 is 1. The van der Waals surface area contributed by atoms with E-state index >= 15 is 0 Å². The van der Waals surface area contributed by atoms with Gasteiger partial charge in [-0.3, -0.25) is 0 Å². The summed E-state index contributed by atoms with van der Waals surface area (Å²) in [5.41, 5.74) is 7.02. The van der Waals surface area contributed by atoms with Gasteiger partial charge < -0.3 is 10.5 Å². The van der Waals surface area contributed by atoms with Gasteiger partial charge in [0.2, 0.25) is 0 Å². The molecule has 2 N–H and O–H groups in total. The first kappa shape index (κ1) is 12.8. The van der Waals surface area contributed by atoms with Crippen molar-refractivity contribution in [2.45, 2.75) is 45.1 Å². The highest BCUT2D eigenvalue weighted by Gasteiger charge is 2.39. The van der Waals surface area contributed by atoms with Crippen molar-refractivity contribution < 1.29 is 4.74 Å². The Morgan fingerprint density at radius 3 is 2.53 bits per heavy atom. The Morgan fingerprint density at radius 1 is 1.21 bits per heavy atom. The van der Waals surface area contributed by atoms with Crippen molar-refractivity contribution in [3.8, 4) is 0 Å². The van der Waals surface area contributed by atoms with Crippen LogP contribution in [0.15, 0.2) is 0 Å². The molecule has 0 atom stereocenters. The van der Waals surface area contributed by atoms with Crippen LogP contribution in [-0.4, -0.2) is 17.1 Å². The molecule has 3 rings (SSSR count). The van der Waals surface area contributed by atoms with Crippen molar-refractivity contribution in [2.24, 2.45) is 0 Å². The zero-order chi connectivity index (χ0) is 13.6. The van der Waals surface area contributed by atoms with Gasteiger partial charge in [0.05, 0.1) is 5.39 Å². The summed E-state index contributed by atoms with van der Waals surface area (Å²) < 4.78 is 5.75. The molecular formula is C14H19N3OS. The summed E-state index contributed by atoms with van der Waals surface area (Å²) in [6, 6.07) is 0. The van der Waals surface area contributed by atoms with E-state index < -0.39 is 0 Å². The Hall–Kier alpha value is -1.20. The van der Waals surface area contributed by atoms with Gasteiger partial charge in [0.25, 0.3) is 0 Å². The lowest BCUT2D eigenvalue weighted by atomic mass is 10.0. The molecule has 0 unspecified atom stereocenters. The number of hydrogen-bond acceptors (Lipinski definition) is 5. The maximum atomic E-state index is 6.15. The van der Waals surface area contributed by atoms with E-state index in [2.05, 4.69) is 18.8 Å². The first-order valence-corrected chi connectivity index (χ1v) is 7.48. The van der Waals surface area contributed by atoms with Crippen molar-refractivity contribution in [3.05, 3.63) is 16.3 Å². The fourth-order valence-electron chi connectivity index (χ4n) is 2.95. The second-order valence-electron chi connectivity index (χ2n) is 5.30. The fourth-order valence-corrected chi connectivity index (χ4v) is 3.99. The van der Waals surface area contributed by atoms with Crippen LogP contribution in [0.5, 0.6) is 0 Å². The van der Waals surface area contributed by atoms with Gasteiger partial charge in [-0.25, -0.2) is 9.97 Å². The van der Waals surface area contributed by atoms with Gasteiger partial charge in [-0.15, -0.1) is 11.3 Å². The quantitative estimate of drug-likeness (QED) is 0.915. The van der Waals surface area contributed by atoms with E-state index in [1.165, 1.54) is 10.4 Å². The van der Waals surface area contributed by atoms with Crippen LogP contribution in [0.3, 0.4) is 0 Å². The van der Waals surface area contributed by atoms with Gasteiger partial charge in [0.15, 0.2) is 5.82 Å². The molecule has 19 heavy (non-hydrogen) atoms. The number of nitrogens with zero attached hydrogens (tertiary/aromatic N) is 2. The SMILES string of the molecule is COC1(c2nc(N)c3c(C)c(C)sc3n2)CCCC1. The standard InChI is InChI=1S/C14H19N3OS/c1-8-9(2)19-12-10(8)11(15)16-13(17-12)14(18-3)6-4-5-7-14/h4-7H2,1-3H3,(H2,15,16,17). The molecule has 0 aliphatic heterocycles. The van der Waals surface area contributed by atoms with Gasteiger partial charge in [-0.05, 0) is 45.1 Å². The molecule has 0 radical (unpaired) electrons. The molecule has 2 heterocycles. The molecule has 0 saturated heterocycles. The summed E-state index contributed by atoms with van der Waals surface area (Å²) in [5.74, 6) is 1.35. The van der Waals surface area contributed by atoms with Crippen molar-refractivity contribution in [1.29, 1.82) is 0 Å². The molecule has 0 aromatic carbocycles. The average molecular weight is 277 g/mol. The van der Waals surface area contributed by atoms with E-state index in [4.69, 9.17) is 15.5 Å². The maximum absolute atomic E-state index is 6.15. The maximum Gasteiger partial charge on any atom is 0.164 e. The number of nitrogen functional groups attached to an aromatic ring is 1. The lowest BCUT2D eigenvalue weighted by molar-refractivity contribution is -0.0158. The third kappa shape index (κ3) is 1.83. The van der Waals surface area contributed by atoms with E-state index in [9.17, 15) is 0 Å². The number of nitrogens with two attached hydrogens (primary N) is 1. The van der Waals surface area contributed by atoms with Crippen molar-refractivity contribution in [2.75, 3.05) is 12.8 Å². The topological polar surface area (TPSA) is 61.0 Å². The number of anilines is 1. The molecule has 1 fully saturated rings. The van der Waals surface area contributed by atoms with Crippen LogP contribution < -0.4 is 5.73 Å². The number of thiophene rings is 1. The zero-order valence-electron chi connectivity index (χ0n) is 11.6. The number of fused-ring (bicyclic) bond motifs is 1. The van der Waals surface area contributed by atoms with E-state index in [0.29, 0.717) is 5.82 Å². The first-order valence-electron chi connectivity index (χ1n) is 6.66. The van der Waals surface area contributed by atoms with E-state index in [-0.39, 0.29) is 5.60 Å². The van der Waals surface area contributed by atoms with Gasteiger partial charge in [-0.1, -0.05) is 0 Å². The van der Waals surface area contributed by atoms with Gasteiger partial charge in [-0.2, -0.15) is 0 Å². The highest BCUT2D eigenvalue weighted by Crippen LogP contribution is 2.42. The molecule has 0 spiro atoms. The monoisotopic (exact) mass is 277 g/mol. The van der Waals surface area contributed by atoms with E-state index in [1.54, 1.807) is 18.4 Å². The summed E-state index contributed by atoms with van der Waals surface area (Å²) in [6.45, 7) is 4.18. The van der Waals surface area contributed by atoms with Gasteiger partial charge in [0.1, 0.15) is 16.2 Å². The predicted molar refractivity (Wildman–Crippen MR) is 78.5 cm³/mol. The van der Waals surface area contributed by atoms with Crippen LogP contribution in [0.1, 0.15) is 41.9 Å². The Balaban J connectivity index is 2.21. The molecule has 4 nitrogen and oxygen atoms in total. The summed E-state index contributed by atoms with van der Waals surface area (Å²) in [5, 5.41) is 1.01. The highest BCUT2D eigenvalue weighted by atomic mass is 32.1. The normalized spacial score (nSPS) is 18.3. The number of rotatable bonds is 2. The zero-order valence-corrected chi connectivity index (χ0v) is 12.4. The lowest BCUT2D eigenvalue weighted by Gasteiger charge is -2.25. The third-order valence-corrected chi connectivity index (χ3v) is 5.37. The molecule has 0 bridgehead atoms. The number of aromatic nitrogens is 2. The number of aryl methyl sites for hydroxylation is 2. The largest absolute Gasteiger partial charge is 0.383 e. The molecule has 5 heteroatoms.